The van der Waals surface area contributed by atoms with Gasteiger partial charge in [-0.05, 0) is 37.3 Å². The van der Waals surface area contributed by atoms with Crippen LogP contribution in [0.2, 0.25) is 0 Å². The number of pyridine rings is 1. The molecule has 1 amide bonds. The summed E-state index contributed by atoms with van der Waals surface area (Å²) in [6.45, 7) is 5.70. The first-order valence-electron chi connectivity index (χ1n) is 8.45. The van der Waals surface area contributed by atoms with E-state index < -0.39 is 11.9 Å². The zero-order valence-electron chi connectivity index (χ0n) is 14.4. The summed E-state index contributed by atoms with van der Waals surface area (Å²) >= 11 is 0. The number of imidazole rings is 1. The molecule has 2 aromatic rings. The van der Waals surface area contributed by atoms with Crippen LogP contribution in [-0.2, 0) is 11.0 Å². The van der Waals surface area contributed by atoms with Crippen LogP contribution in [0, 0.1) is 11.8 Å². The number of rotatable bonds is 4. The van der Waals surface area contributed by atoms with Gasteiger partial charge in [0.15, 0.2) is 5.65 Å². The lowest BCUT2D eigenvalue weighted by molar-refractivity contribution is -0.141. The smallest absolute Gasteiger partial charge is 0.296 e. The number of carbonyl (C=O) groups is 1. The predicted molar refractivity (Wildman–Crippen MR) is 88.0 cm³/mol. The van der Waals surface area contributed by atoms with Crippen molar-refractivity contribution < 1.29 is 18.0 Å². The van der Waals surface area contributed by atoms with Crippen molar-refractivity contribution in [3.05, 3.63) is 17.8 Å². The highest BCUT2D eigenvalue weighted by Gasteiger charge is 2.34. The van der Waals surface area contributed by atoms with Crippen LogP contribution >= 0.6 is 0 Å². The van der Waals surface area contributed by atoms with Gasteiger partial charge in [-0.1, -0.05) is 20.8 Å². The molecular weight excluding hydrogens is 333 g/mol. The topological polar surface area (TPSA) is 59.8 Å². The molecule has 1 saturated carbocycles. The lowest BCUT2D eigenvalue weighted by atomic mass is 9.93. The van der Waals surface area contributed by atoms with E-state index in [0.717, 1.165) is 25.3 Å². The Labute approximate surface area is 143 Å². The molecule has 1 N–H and O–H groups in total. The average Bonchev–Trinajstić information content (AvgIpc) is 2.81. The van der Waals surface area contributed by atoms with Crippen LogP contribution in [0.4, 0.5) is 19.1 Å². The highest BCUT2D eigenvalue weighted by molar-refractivity contribution is 5.92. The molecule has 3 rings (SSSR count). The van der Waals surface area contributed by atoms with Gasteiger partial charge < -0.3 is 0 Å². The fourth-order valence-corrected chi connectivity index (χ4v) is 2.74. The first kappa shape index (κ1) is 17.7. The van der Waals surface area contributed by atoms with Gasteiger partial charge in [0, 0.05) is 12.0 Å². The molecule has 8 heteroatoms. The van der Waals surface area contributed by atoms with Crippen LogP contribution in [0.25, 0.3) is 11.2 Å². The van der Waals surface area contributed by atoms with Crippen molar-refractivity contribution in [2.75, 3.05) is 5.32 Å². The van der Waals surface area contributed by atoms with E-state index in [2.05, 4.69) is 15.3 Å². The number of carbonyl (C=O) groups excluding carboxylic acids is 1. The first-order valence-corrected chi connectivity index (χ1v) is 8.45. The number of aromatic nitrogens is 3. The molecule has 2 aromatic heterocycles. The molecule has 0 spiro atoms. The Morgan fingerprint density at radius 2 is 1.92 bits per heavy atom. The van der Waals surface area contributed by atoms with Gasteiger partial charge in [-0.3, -0.25) is 14.7 Å². The second kappa shape index (κ2) is 6.31. The van der Waals surface area contributed by atoms with Crippen molar-refractivity contribution in [1.82, 2.24) is 14.5 Å². The molecule has 1 atom stereocenters. The highest BCUT2D eigenvalue weighted by Crippen LogP contribution is 2.38. The number of hydrogen-bond acceptors (Lipinski definition) is 3. The van der Waals surface area contributed by atoms with Gasteiger partial charge in [-0.2, -0.15) is 13.2 Å². The Morgan fingerprint density at radius 1 is 1.24 bits per heavy atom. The number of anilines is 1. The van der Waals surface area contributed by atoms with E-state index >= 15 is 0 Å². The maximum atomic E-state index is 13.0. The van der Waals surface area contributed by atoms with Crippen molar-refractivity contribution in [3.63, 3.8) is 0 Å². The Hall–Kier alpha value is -2.12. The first-order chi connectivity index (χ1) is 11.7. The van der Waals surface area contributed by atoms with Crippen LogP contribution in [0.15, 0.2) is 12.1 Å². The summed E-state index contributed by atoms with van der Waals surface area (Å²) in [4.78, 5) is 20.5. The molecule has 136 valence electrons. The molecule has 0 radical (unpaired) electrons. The van der Waals surface area contributed by atoms with Gasteiger partial charge in [-0.25, -0.2) is 9.97 Å². The Bertz CT molecular complexity index is 793. The fourth-order valence-electron chi connectivity index (χ4n) is 2.74. The van der Waals surface area contributed by atoms with Gasteiger partial charge in [0.2, 0.25) is 11.9 Å². The third-order valence-electron chi connectivity index (χ3n) is 4.92. The molecule has 0 aliphatic heterocycles. The van der Waals surface area contributed by atoms with Crippen LogP contribution in [-0.4, -0.2) is 20.4 Å². The summed E-state index contributed by atoms with van der Waals surface area (Å²) in [5.41, 5.74) is -0.423. The predicted octanol–water partition coefficient (Wildman–Crippen LogP) is 4.41. The molecular formula is C17H21F3N4O. The highest BCUT2D eigenvalue weighted by atomic mass is 19.4. The molecule has 0 aromatic carbocycles. The standard InChI is InChI=1S/C17H21F3N4O/c1-9(2)10(3)15(25)23-16-21-12-7-8-13(17(18,19)20)22-14(12)24(16)11-5-4-6-11/h7-11H,4-6H2,1-3H3,(H,21,23,25)/t10-/m0/s1. The fraction of sp³-hybridized carbons (Fsp3) is 0.588. The van der Waals surface area contributed by atoms with E-state index in [1.165, 1.54) is 6.07 Å². The number of nitrogens with zero attached hydrogens (tertiary/aromatic N) is 3. The van der Waals surface area contributed by atoms with Gasteiger partial charge in [0.05, 0.1) is 0 Å². The molecule has 0 saturated heterocycles. The largest absolute Gasteiger partial charge is 0.433 e. The van der Waals surface area contributed by atoms with Gasteiger partial charge in [0.25, 0.3) is 0 Å². The van der Waals surface area contributed by atoms with Crippen molar-refractivity contribution >= 4 is 23.0 Å². The summed E-state index contributed by atoms with van der Waals surface area (Å²) in [7, 11) is 0. The van der Waals surface area contributed by atoms with Crippen molar-refractivity contribution in [2.24, 2.45) is 11.8 Å². The molecule has 1 aliphatic carbocycles. The zero-order valence-corrected chi connectivity index (χ0v) is 14.4. The summed E-state index contributed by atoms with van der Waals surface area (Å²) < 4.78 is 40.6. The van der Waals surface area contributed by atoms with Crippen LogP contribution in [0.1, 0.15) is 51.8 Å². The second-order valence-electron chi connectivity index (χ2n) is 6.95. The van der Waals surface area contributed by atoms with Crippen LogP contribution in [0.5, 0.6) is 0 Å². The SMILES string of the molecule is CC(C)[C@H](C)C(=O)Nc1nc2ccc(C(F)(F)F)nc2n1C1CCC1. The second-order valence-corrected chi connectivity index (χ2v) is 6.95. The summed E-state index contributed by atoms with van der Waals surface area (Å²) in [6.07, 6.45) is -1.84. The number of fused-ring (bicyclic) bond motifs is 1. The summed E-state index contributed by atoms with van der Waals surface area (Å²) in [5, 5.41) is 2.78. The van der Waals surface area contributed by atoms with E-state index in [-0.39, 0.29) is 35.4 Å². The minimum Gasteiger partial charge on any atom is -0.296 e. The van der Waals surface area contributed by atoms with E-state index in [0.29, 0.717) is 5.52 Å². The van der Waals surface area contributed by atoms with Gasteiger partial charge in [-0.15, -0.1) is 0 Å². The average molecular weight is 354 g/mol. The quantitative estimate of drug-likeness (QED) is 0.885. The monoisotopic (exact) mass is 354 g/mol. The molecule has 0 unspecified atom stereocenters. The number of nitrogens with one attached hydrogen (secondary N) is 1. The number of hydrogen-bond donors (Lipinski definition) is 1. The third-order valence-corrected chi connectivity index (χ3v) is 4.92. The Morgan fingerprint density at radius 3 is 2.44 bits per heavy atom. The van der Waals surface area contributed by atoms with Crippen molar-refractivity contribution in [3.8, 4) is 0 Å². The van der Waals surface area contributed by atoms with E-state index in [1.807, 2.05) is 20.8 Å². The lowest BCUT2D eigenvalue weighted by Crippen LogP contribution is -2.28. The van der Waals surface area contributed by atoms with Gasteiger partial charge >= 0.3 is 6.18 Å². The normalized spacial score (nSPS) is 16.9. The lowest BCUT2D eigenvalue weighted by Gasteiger charge is -2.29. The van der Waals surface area contributed by atoms with Gasteiger partial charge in [0.1, 0.15) is 11.2 Å². The maximum Gasteiger partial charge on any atom is 0.433 e. The van der Waals surface area contributed by atoms with Crippen LogP contribution in [0.3, 0.4) is 0 Å². The molecule has 1 fully saturated rings. The maximum absolute atomic E-state index is 13.0. The molecule has 0 bridgehead atoms. The van der Waals surface area contributed by atoms with E-state index in [9.17, 15) is 18.0 Å². The number of amides is 1. The van der Waals surface area contributed by atoms with Crippen LogP contribution < -0.4 is 5.32 Å². The third kappa shape index (κ3) is 3.34. The molecule has 1 aliphatic rings. The molecule has 5 nitrogen and oxygen atoms in total. The van der Waals surface area contributed by atoms with E-state index in [1.54, 1.807) is 4.57 Å². The van der Waals surface area contributed by atoms with Crippen molar-refractivity contribution in [2.45, 2.75) is 52.3 Å². The minimum absolute atomic E-state index is 0.0191. The number of alkyl halides is 3. The Balaban J connectivity index is 2.04. The van der Waals surface area contributed by atoms with E-state index in [4.69, 9.17) is 0 Å². The summed E-state index contributed by atoms with van der Waals surface area (Å²) in [5.74, 6) is 0.00999. The summed E-state index contributed by atoms with van der Waals surface area (Å²) in [6, 6.07) is 2.25. The molecule has 25 heavy (non-hydrogen) atoms. The Kier molecular flexibility index (Phi) is 4.47. The molecule has 2 heterocycles. The minimum atomic E-state index is -4.52. The number of halogens is 3. The van der Waals surface area contributed by atoms with Crippen molar-refractivity contribution in [1.29, 1.82) is 0 Å². The zero-order chi connectivity index (χ0) is 18.4.